The summed E-state index contributed by atoms with van der Waals surface area (Å²) in [6.07, 6.45) is 3.38. The Morgan fingerprint density at radius 1 is 0.893 bits per heavy atom. The Morgan fingerprint density at radius 3 is 2.11 bits per heavy atom. The fraction of sp³-hybridized carbons (Fsp3) is 0.174. The van der Waals surface area contributed by atoms with Crippen molar-refractivity contribution in [1.82, 2.24) is 15.2 Å². The molecule has 0 spiro atoms. The van der Waals surface area contributed by atoms with Crippen molar-refractivity contribution >= 4 is 11.8 Å². The highest BCUT2D eigenvalue weighted by molar-refractivity contribution is 5.88. The van der Waals surface area contributed by atoms with Gasteiger partial charge in [0.25, 0.3) is 0 Å². The summed E-state index contributed by atoms with van der Waals surface area (Å²) in [5, 5.41) is 2.96. The minimum atomic E-state index is -0.708. The van der Waals surface area contributed by atoms with Gasteiger partial charge in [-0.25, -0.2) is 0 Å². The van der Waals surface area contributed by atoms with Crippen LogP contribution in [-0.4, -0.2) is 21.7 Å². The van der Waals surface area contributed by atoms with Crippen molar-refractivity contribution in [2.45, 2.75) is 26.1 Å². The molecule has 0 radical (unpaired) electrons. The highest BCUT2D eigenvalue weighted by Gasteiger charge is 2.29. The van der Waals surface area contributed by atoms with Gasteiger partial charge in [0.15, 0.2) is 0 Å². The van der Waals surface area contributed by atoms with Crippen LogP contribution >= 0.6 is 0 Å². The Morgan fingerprint density at radius 2 is 1.50 bits per heavy atom. The second kappa shape index (κ2) is 9.46. The summed E-state index contributed by atoms with van der Waals surface area (Å²) in [6, 6.07) is 22.1. The molecule has 0 saturated carbocycles. The zero-order valence-corrected chi connectivity index (χ0v) is 15.8. The van der Waals surface area contributed by atoms with Crippen LogP contribution in [0.5, 0.6) is 0 Å². The van der Waals surface area contributed by atoms with Crippen molar-refractivity contribution in [1.29, 1.82) is 0 Å². The molecule has 1 aromatic heterocycles. The smallest absolute Gasteiger partial charge is 0.247 e. The van der Waals surface area contributed by atoms with Crippen LogP contribution in [0.2, 0.25) is 0 Å². The van der Waals surface area contributed by atoms with E-state index in [2.05, 4.69) is 10.3 Å². The number of amides is 2. The third-order valence-electron chi connectivity index (χ3n) is 4.49. The largest absolute Gasteiger partial charge is 0.350 e. The number of carbonyl (C=O) groups excluding carboxylic acids is 2. The van der Waals surface area contributed by atoms with Crippen LogP contribution < -0.4 is 5.32 Å². The molecule has 5 nitrogen and oxygen atoms in total. The molecular weight excluding hydrogens is 350 g/mol. The number of rotatable bonds is 7. The molecular formula is C23H23N3O2. The van der Waals surface area contributed by atoms with E-state index in [0.717, 1.165) is 16.7 Å². The first-order valence-electron chi connectivity index (χ1n) is 9.18. The van der Waals surface area contributed by atoms with Gasteiger partial charge in [-0.05, 0) is 28.8 Å². The minimum absolute atomic E-state index is 0.156. The van der Waals surface area contributed by atoms with Gasteiger partial charge in [0.05, 0.1) is 0 Å². The average molecular weight is 373 g/mol. The molecule has 0 saturated heterocycles. The molecule has 1 heterocycles. The Kier molecular flexibility index (Phi) is 6.52. The molecule has 1 atom stereocenters. The van der Waals surface area contributed by atoms with Crippen molar-refractivity contribution in [3.63, 3.8) is 0 Å². The lowest BCUT2D eigenvalue weighted by Gasteiger charge is -2.30. The van der Waals surface area contributed by atoms with Gasteiger partial charge in [-0.15, -0.1) is 0 Å². The Hall–Kier alpha value is -3.47. The zero-order valence-electron chi connectivity index (χ0n) is 15.8. The number of benzene rings is 2. The van der Waals surface area contributed by atoms with E-state index in [1.54, 1.807) is 17.3 Å². The molecule has 0 bridgehead atoms. The van der Waals surface area contributed by atoms with Gasteiger partial charge in [0, 0.05) is 32.4 Å². The van der Waals surface area contributed by atoms with Gasteiger partial charge < -0.3 is 10.2 Å². The van der Waals surface area contributed by atoms with Crippen LogP contribution in [0.4, 0.5) is 0 Å². The second-order valence-corrected chi connectivity index (χ2v) is 6.52. The molecule has 0 aliphatic heterocycles. The monoisotopic (exact) mass is 373 g/mol. The lowest BCUT2D eigenvalue weighted by atomic mass is 10.0. The zero-order chi connectivity index (χ0) is 19.8. The van der Waals surface area contributed by atoms with E-state index >= 15 is 0 Å². The molecule has 28 heavy (non-hydrogen) atoms. The lowest BCUT2D eigenvalue weighted by molar-refractivity contribution is -0.140. The van der Waals surface area contributed by atoms with E-state index in [9.17, 15) is 9.59 Å². The molecule has 0 unspecified atom stereocenters. The summed E-state index contributed by atoms with van der Waals surface area (Å²) < 4.78 is 0. The van der Waals surface area contributed by atoms with Crippen molar-refractivity contribution in [2.75, 3.05) is 0 Å². The molecule has 0 aliphatic rings. The number of carbonyl (C=O) groups is 2. The fourth-order valence-corrected chi connectivity index (χ4v) is 3.06. The van der Waals surface area contributed by atoms with Gasteiger partial charge in [-0.3, -0.25) is 14.6 Å². The van der Waals surface area contributed by atoms with Crippen LogP contribution in [0.3, 0.4) is 0 Å². The summed E-state index contributed by atoms with van der Waals surface area (Å²) >= 11 is 0. The molecule has 5 heteroatoms. The SMILES string of the molecule is CC(=O)N(Cc1ccccc1)[C@@H](C(=O)NCc1ccncc1)c1ccccc1. The number of nitrogens with one attached hydrogen (secondary N) is 1. The van der Waals surface area contributed by atoms with Crippen molar-refractivity contribution in [2.24, 2.45) is 0 Å². The summed E-state index contributed by atoms with van der Waals surface area (Å²) in [5.41, 5.74) is 2.70. The maximum Gasteiger partial charge on any atom is 0.247 e. The maximum absolute atomic E-state index is 13.1. The second-order valence-electron chi connectivity index (χ2n) is 6.52. The third kappa shape index (κ3) is 5.04. The summed E-state index contributed by atoms with van der Waals surface area (Å²) in [5.74, 6) is -0.370. The minimum Gasteiger partial charge on any atom is -0.350 e. The summed E-state index contributed by atoms with van der Waals surface area (Å²) in [7, 11) is 0. The normalized spacial score (nSPS) is 11.5. The lowest BCUT2D eigenvalue weighted by Crippen LogP contribution is -2.42. The van der Waals surface area contributed by atoms with E-state index in [1.165, 1.54) is 6.92 Å². The molecule has 0 fully saturated rings. The topological polar surface area (TPSA) is 62.3 Å². The van der Waals surface area contributed by atoms with Crippen molar-refractivity contribution in [3.05, 3.63) is 102 Å². The molecule has 1 N–H and O–H groups in total. The molecule has 0 aliphatic carbocycles. The Balaban J connectivity index is 1.86. The number of hydrogen-bond acceptors (Lipinski definition) is 3. The summed E-state index contributed by atoms with van der Waals surface area (Å²) in [6.45, 7) is 2.23. The number of hydrogen-bond donors (Lipinski definition) is 1. The van der Waals surface area contributed by atoms with Crippen LogP contribution in [0.15, 0.2) is 85.2 Å². The van der Waals surface area contributed by atoms with Crippen LogP contribution in [-0.2, 0) is 22.7 Å². The van der Waals surface area contributed by atoms with Gasteiger partial charge in [0.1, 0.15) is 6.04 Å². The van der Waals surface area contributed by atoms with Crippen molar-refractivity contribution < 1.29 is 9.59 Å². The standard InChI is InChI=1S/C23H23N3O2/c1-18(27)26(17-20-8-4-2-5-9-20)22(21-10-6-3-7-11-21)23(28)25-16-19-12-14-24-15-13-19/h2-15,22H,16-17H2,1H3,(H,25,28)/t22-/m1/s1. The van der Waals surface area contributed by atoms with Gasteiger partial charge in [-0.1, -0.05) is 60.7 Å². The van der Waals surface area contributed by atoms with E-state index in [0.29, 0.717) is 13.1 Å². The van der Waals surface area contributed by atoms with E-state index in [-0.39, 0.29) is 11.8 Å². The Bertz CT molecular complexity index is 899. The van der Waals surface area contributed by atoms with Gasteiger partial charge >= 0.3 is 0 Å². The molecule has 3 aromatic rings. The third-order valence-corrected chi connectivity index (χ3v) is 4.49. The number of aromatic nitrogens is 1. The van der Waals surface area contributed by atoms with Crippen molar-refractivity contribution in [3.8, 4) is 0 Å². The first-order chi connectivity index (χ1) is 13.6. The van der Waals surface area contributed by atoms with Crippen LogP contribution in [0.1, 0.15) is 29.7 Å². The predicted octanol–water partition coefficient (Wildman–Crippen LogP) is 3.49. The Labute approximate surface area is 165 Å². The van der Waals surface area contributed by atoms with Crippen LogP contribution in [0.25, 0.3) is 0 Å². The first-order valence-corrected chi connectivity index (χ1v) is 9.18. The average Bonchev–Trinajstić information content (AvgIpc) is 2.74. The molecule has 142 valence electrons. The maximum atomic E-state index is 13.1. The van der Waals surface area contributed by atoms with E-state index in [4.69, 9.17) is 0 Å². The van der Waals surface area contributed by atoms with E-state index < -0.39 is 6.04 Å². The molecule has 2 aromatic carbocycles. The first kappa shape index (κ1) is 19.3. The number of nitrogens with zero attached hydrogens (tertiary/aromatic N) is 2. The van der Waals surface area contributed by atoms with Crippen LogP contribution in [0, 0.1) is 0 Å². The summed E-state index contributed by atoms with van der Waals surface area (Å²) in [4.78, 5) is 31.2. The quantitative estimate of drug-likeness (QED) is 0.690. The number of pyridine rings is 1. The predicted molar refractivity (Wildman–Crippen MR) is 108 cm³/mol. The molecule has 3 rings (SSSR count). The highest BCUT2D eigenvalue weighted by atomic mass is 16.2. The van der Waals surface area contributed by atoms with E-state index in [1.807, 2.05) is 72.8 Å². The highest BCUT2D eigenvalue weighted by Crippen LogP contribution is 2.24. The van der Waals surface area contributed by atoms with Gasteiger partial charge in [-0.2, -0.15) is 0 Å². The van der Waals surface area contributed by atoms with Gasteiger partial charge in [0.2, 0.25) is 11.8 Å². The molecule has 2 amide bonds. The fourth-order valence-electron chi connectivity index (χ4n) is 3.06.